The van der Waals surface area contributed by atoms with E-state index in [0.717, 1.165) is 0 Å². The van der Waals surface area contributed by atoms with E-state index >= 15 is 0 Å². The van der Waals surface area contributed by atoms with Crippen molar-refractivity contribution in [3.05, 3.63) is 13.2 Å². The summed E-state index contributed by atoms with van der Waals surface area (Å²) in [6.45, 7) is -0.245. The molecule has 31 heavy (non-hydrogen) atoms. The third-order valence-corrected chi connectivity index (χ3v) is 3.48. The van der Waals surface area contributed by atoms with Crippen LogP contribution in [-0.4, -0.2) is 81.1 Å². The number of hydrogen-bond donors (Lipinski definition) is 7. The molecule has 0 saturated carbocycles. The van der Waals surface area contributed by atoms with Gasteiger partial charge in [-0.1, -0.05) is 0 Å². The van der Waals surface area contributed by atoms with Crippen LogP contribution in [0.1, 0.15) is 6.92 Å². The van der Waals surface area contributed by atoms with Gasteiger partial charge < -0.3 is 54.3 Å². The van der Waals surface area contributed by atoms with Crippen LogP contribution in [0.15, 0.2) is 0 Å². The predicted octanol–water partition coefficient (Wildman–Crippen LogP) is -3.35. The van der Waals surface area contributed by atoms with Crippen LogP contribution < -0.4 is 16.0 Å². The largest absolute Gasteiger partial charge is 0.666 e. The Hall–Kier alpha value is -3.14. The average molecular weight is 523 g/mol. The van der Waals surface area contributed by atoms with E-state index in [1.807, 2.05) is 5.32 Å². The number of carbonyl (C=O) groups excluding carboxylic acids is 4. The molecule has 0 unspecified atom stereocenters. The van der Waals surface area contributed by atoms with Crippen LogP contribution in [0.2, 0.25) is 0 Å². The second kappa shape index (κ2) is 12.5. The molecule has 0 spiro atoms. The van der Waals surface area contributed by atoms with E-state index in [1.54, 1.807) is 0 Å². The zero-order valence-electron chi connectivity index (χ0n) is 16.0. The maximum Gasteiger partial charge on any atom is 0.340 e. The van der Waals surface area contributed by atoms with Gasteiger partial charge in [0, 0.05) is 39.3 Å². The normalized spacial score (nSPS) is 10.2. The monoisotopic (exact) mass is 523 g/mol. The Kier molecular flexibility index (Phi) is 13.2. The number of carboxylic acid groups (broad SMARTS) is 4. The molecule has 16 nitrogen and oxygen atoms in total. The number of carbonyl (C=O) groups is 8. The molecule has 8 N–H and O–H groups in total. The topological polar surface area (TPSA) is 277 Å². The second-order valence-electron chi connectivity index (χ2n) is 5.10. The van der Waals surface area contributed by atoms with E-state index in [9.17, 15) is 38.4 Å². The molecule has 0 aromatic rings. The van der Waals surface area contributed by atoms with Crippen molar-refractivity contribution in [2.45, 2.75) is 6.92 Å². The summed E-state index contributed by atoms with van der Waals surface area (Å²) >= 11 is 0. The molecule has 171 valence electrons. The maximum absolute atomic E-state index is 12.1. The second-order valence-corrected chi connectivity index (χ2v) is 5.10. The molecule has 17 heteroatoms. The van der Waals surface area contributed by atoms with Crippen molar-refractivity contribution in [1.82, 2.24) is 16.0 Å². The van der Waals surface area contributed by atoms with Crippen molar-refractivity contribution in [2.24, 2.45) is 10.8 Å². The summed E-state index contributed by atoms with van der Waals surface area (Å²) in [5, 5.41) is 40.7. The minimum atomic E-state index is -3.90. The van der Waals surface area contributed by atoms with Crippen LogP contribution in [0.4, 0.5) is 0 Å². The number of amides is 4. The van der Waals surface area contributed by atoms with Gasteiger partial charge in [-0.15, -0.1) is 0 Å². The first-order valence-corrected chi connectivity index (χ1v) is 7.30. The molecule has 0 saturated heterocycles. The smallest absolute Gasteiger partial charge is 0.340 e. The molecule has 0 aliphatic rings. The molecule has 0 fully saturated rings. The summed E-state index contributed by atoms with van der Waals surface area (Å²) in [6.07, 6.45) is 0. The van der Waals surface area contributed by atoms with Crippen LogP contribution in [0, 0.1) is 18.3 Å². The molecular weight excluding hydrogens is 505 g/mol. The van der Waals surface area contributed by atoms with Gasteiger partial charge in [0.25, 0.3) is 23.1 Å². The van der Waals surface area contributed by atoms with Gasteiger partial charge in [0.1, 0.15) is 0 Å². The average Bonchev–Trinajstić information content (AvgIpc) is 2.54. The third-order valence-electron chi connectivity index (χ3n) is 3.48. The number of carboxylic acids is 4. The number of rotatable bonds is 11. The summed E-state index contributed by atoms with van der Waals surface area (Å²) in [5.74, 6) is -18.0. The molecule has 0 rings (SSSR count). The fourth-order valence-electron chi connectivity index (χ4n) is 1.93. The van der Waals surface area contributed by atoms with E-state index < -0.39 is 65.0 Å². The Morgan fingerprint density at radius 2 is 0.968 bits per heavy atom. The van der Waals surface area contributed by atoms with Gasteiger partial charge >= 0.3 is 29.3 Å². The quantitative estimate of drug-likeness (QED) is 0.0795. The summed E-state index contributed by atoms with van der Waals surface area (Å²) in [7, 11) is 0. The first kappa shape index (κ1) is 32.5. The molecule has 0 bridgehead atoms. The van der Waals surface area contributed by atoms with Crippen LogP contribution >= 0.6 is 0 Å². The zero-order valence-corrected chi connectivity index (χ0v) is 18.9. The maximum atomic E-state index is 12.1. The van der Waals surface area contributed by atoms with Crippen LogP contribution in [0.3, 0.4) is 0 Å². The number of aliphatic carboxylic acids is 4. The van der Waals surface area contributed by atoms with Crippen molar-refractivity contribution in [1.29, 1.82) is 0 Å². The van der Waals surface area contributed by atoms with Crippen molar-refractivity contribution >= 4 is 47.5 Å². The van der Waals surface area contributed by atoms with Gasteiger partial charge in [-0.05, 0) is 6.92 Å². The fourth-order valence-corrected chi connectivity index (χ4v) is 1.93. The van der Waals surface area contributed by atoms with Gasteiger partial charge in [-0.25, -0.2) is 19.2 Å². The Labute approximate surface area is 198 Å². The molecule has 4 amide bonds. The van der Waals surface area contributed by atoms with Gasteiger partial charge in [0.05, 0.1) is 12.6 Å². The SMILES string of the molecule is CCNC(=O)C(C(=O)O)(C(=O)O)C(=O)NCNC(=O)C(C([NH-])=O)(C(=O)O)C(=O)O.[CH3-].[Y]. The third kappa shape index (κ3) is 5.72. The molecular formula is C14H18N4O12Y-2. The minimum absolute atomic E-state index is 0. The van der Waals surface area contributed by atoms with Crippen molar-refractivity contribution in [3.63, 3.8) is 0 Å². The number of hydrogen-bond acceptors (Lipinski definition) is 8. The first-order chi connectivity index (χ1) is 13.2. The Bertz CT molecular complexity index is 746. The molecule has 0 aliphatic heterocycles. The van der Waals surface area contributed by atoms with E-state index in [-0.39, 0.29) is 46.7 Å². The van der Waals surface area contributed by atoms with Gasteiger partial charge in [-0.3, -0.25) is 14.4 Å². The molecule has 1 radical (unpaired) electrons. The Morgan fingerprint density at radius 3 is 1.23 bits per heavy atom. The molecule has 0 aromatic carbocycles. The van der Waals surface area contributed by atoms with E-state index in [1.165, 1.54) is 17.6 Å². The standard InChI is InChI=1S/C13H16N4O12.CH3.Y/c1-2-15-6(20)13(10(26)27,11(28)29)7(21)17-3-16-5(19)12(4(14)18,8(22)23)9(24)25;;/h2-3H2,1H3,(H9,14,15,16,17,18,19,20,21,22,23,24,25,26,27,28,29);1H3;/q;-1;/p-1. The van der Waals surface area contributed by atoms with Crippen LogP contribution in [0.25, 0.3) is 5.73 Å². The van der Waals surface area contributed by atoms with Crippen LogP contribution in [-0.2, 0) is 71.1 Å². The van der Waals surface area contributed by atoms with Gasteiger partial charge in [-0.2, -0.15) is 0 Å². The van der Waals surface area contributed by atoms with E-state index in [0.29, 0.717) is 0 Å². The summed E-state index contributed by atoms with van der Waals surface area (Å²) in [6, 6.07) is 0. The molecule has 0 heterocycles. The predicted molar refractivity (Wildman–Crippen MR) is 91.0 cm³/mol. The zero-order chi connectivity index (χ0) is 23.2. The number of nitrogens with one attached hydrogen (secondary N) is 4. The van der Waals surface area contributed by atoms with Gasteiger partial charge in [0.2, 0.25) is 0 Å². The fraction of sp³-hybridized carbons (Fsp3) is 0.357. The summed E-state index contributed by atoms with van der Waals surface area (Å²) in [5.41, 5.74) is -0.842. The first-order valence-electron chi connectivity index (χ1n) is 7.30. The van der Waals surface area contributed by atoms with Crippen molar-refractivity contribution in [2.75, 3.05) is 13.2 Å². The van der Waals surface area contributed by atoms with Crippen molar-refractivity contribution in [3.8, 4) is 0 Å². The Balaban J connectivity index is -0.00000392. The van der Waals surface area contributed by atoms with Crippen molar-refractivity contribution < 1.29 is 91.5 Å². The molecule has 0 aromatic heterocycles. The van der Waals surface area contributed by atoms with Crippen LogP contribution in [0.5, 0.6) is 0 Å². The van der Waals surface area contributed by atoms with E-state index in [2.05, 4.69) is 0 Å². The minimum Gasteiger partial charge on any atom is -0.666 e. The van der Waals surface area contributed by atoms with Gasteiger partial charge in [0.15, 0.2) is 0 Å². The van der Waals surface area contributed by atoms with E-state index in [4.69, 9.17) is 26.2 Å². The summed E-state index contributed by atoms with van der Waals surface area (Å²) < 4.78 is 0. The Morgan fingerprint density at radius 1 is 0.677 bits per heavy atom. The molecule has 0 atom stereocenters. The summed E-state index contributed by atoms with van der Waals surface area (Å²) in [4.78, 5) is 91.7. The molecule has 0 aliphatic carbocycles.